The number of nitrogens with zero attached hydrogens (tertiary/aromatic N) is 2. The third-order valence-corrected chi connectivity index (χ3v) is 5.46. The lowest BCUT2D eigenvalue weighted by molar-refractivity contribution is -0.135. The molecular formula is C15H17BrClFN4O2S. The zero-order valence-corrected chi connectivity index (χ0v) is 16.7. The van der Waals surface area contributed by atoms with Gasteiger partial charge in [0.15, 0.2) is 5.13 Å². The lowest BCUT2D eigenvalue weighted by Gasteiger charge is -2.23. The first-order chi connectivity index (χ1) is 11.6. The van der Waals surface area contributed by atoms with Crippen molar-refractivity contribution >= 4 is 56.4 Å². The van der Waals surface area contributed by atoms with Crippen LogP contribution in [0.25, 0.3) is 0 Å². The van der Waals surface area contributed by atoms with Crippen LogP contribution < -0.4 is 11.2 Å². The number of anilines is 1. The first kappa shape index (κ1) is 19.9. The molecule has 2 amide bonds. The van der Waals surface area contributed by atoms with Gasteiger partial charge >= 0.3 is 0 Å². The molecule has 2 rings (SSSR count). The number of hydrogen-bond acceptors (Lipinski definition) is 5. The van der Waals surface area contributed by atoms with E-state index in [0.29, 0.717) is 10.1 Å². The van der Waals surface area contributed by atoms with Crippen LogP contribution in [-0.2, 0) is 9.59 Å². The predicted molar refractivity (Wildman–Crippen MR) is 100 cm³/mol. The van der Waals surface area contributed by atoms with E-state index in [0.717, 1.165) is 11.3 Å². The molecule has 1 fully saturated rings. The van der Waals surface area contributed by atoms with Gasteiger partial charge in [0.1, 0.15) is 11.1 Å². The van der Waals surface area contributed by atoms with Crippen LogP contribution in [0.3, 0.4) is 0 Å². The molecule has 0 unspecified atom stereocenters. The van der Waals surface area contributed by atoms with Crippen LogP contribution in [0.1, 0.15) is 0 Å². The Kier molecular flexibility index (Phi) is 6.26. The van der Waals surface area contributed by atoms with Crippen molar-refractivity contribution in [2.45, 2.75) is 0 Å². The molecule has 0 radical (unpaired) electrons. The number of carbonyl (C=O) groups excluding carboxylic acids is 2. The second-order valence-electron chi connectivity index (χ2n) is 5.62. The molecule has 136 valence electrons. The fourth-order valence-corrected chi connectivity index (χ4v) is 4.12. The van der Waals surface area contributed by atoms with Crippen molar-refractivity contribution in [3.8, 4) is 0 Å². The molecule has 2 heterocycles. The van der Waals surface area contributed by atoms with Gasteiger partial charge in [0.2, 0.25) is 11.8 Å². The van der Waals surface area contributed by atoms with Crippen LogP contribution in [0.5, 0.6) is 0 Å². The molecule has 0 aliphatic carbocycles. The van der Waals surface area contributed by atoms with Crippen LogP contribution >= 0.6 is 38.9 Å². The number of nitrogens with one attached hydrogen (secondary N) is 1. The molecule has 0 spiro atoms. The van der Waals surface area contributed by atoms with Gasteiger partial charge in [-0.1, -0.05) is 34.1 Å². The van der Waals surface area contributed by atoms with Gasteiger partial charge in [-0.15, -0.1) is 11.3 Å². The quantitative estimate of drug-likeness (QED) is 0.237. The number of hydrazine groups is 1. The summed E-state index contributed by atoms with van der Waals surface area (Å²) in [6, 6.07) is 1.44. The minimum absolute atomic E-state index is 0.0429. The summed E-state index contributed by atoms with van der Waals surface area (Å²) in [5.74, 6) is 3.06. The van der Waals surface area contributed by atoms with Gasteiger partial charge in [0.25, 0.3) is 0 Å². The number of halogens is 3. The fraction of sp³-hybridized carbons (Fsp3) is 0.333. The number of hydrogen-bond donors (Lipinski definition) is 2. The molecule has 1 aliphatic heterocycles. The van der Waals surface area contributed by atoms with E-state index in [1.54, 1.807) is 7.05 Å². The standard InChI is InChI=1S/C15H17BrClFN4O2S/c1-7(16)10(12(17)22(3)19)8-6-21(2)15(24)11(8)14(23)20-9-4-5-25-13(9)18/h4-5,8,11H,1,6,19H2,2-3H3,(H,20,23)/b12-10+/t8-,11+/m1/s1. The molecule has 2 atom stereocenters. The van der Waals surface area contributed by atoms with E-state index in [1.807, 2.05) is 0 Å². The van der Waals surface area contributed by atoms with Crippen molar-refractivity contribution in [1.29, 1.82) is 0 Å². The first-order valence-corrected chi connectivity index (χ1v) is 9.21. The van der Waals surface area contributed by atoms with Crippen LogP contribution in [0.15, 0.2) is 33.2 Å². The smallest absolute Gasteiger partial charge is 0.237 e. The van der Waals surface area contributed by atoms with Crippen molar-refractivity contribution in [3.05, 3.63) is 38.4 Å². The number of rotatable bonds is 5. The Labute approximate surface area is 162 Å². The van der Waals surface area contributed by atoms with Crippen LogP contribution in [0.2, 0.25) is 0 Å². The highest BCUT2D eigenvalue weighted by molar-refractivity contribution is 9.11. The topological polar surface area (TPSA) is 78.7 Å². The van der Waals surface area contributed by atoms with Gasteiger partial charge < -0.3 is 15.2 Å². The molecule has 3 N–H and O–H groups in total. The molecule has 1 aromatic rings. The summed E-state index contributed by atoms with van der Waals surface area (Å²) in [7, 11) is 3.12. The molecular weight excluding hydrogens is 435 g/mol. The van der Waals surface area contributed by atoms with E-state index < -0.39 is 22.9 Å². The van der Waals surface area contributed by atoms with Gasteiger partial charge in [0, 0.05) is 36.6 Å². The lowest BCUT2D eigenvalue weighted by atomic mass is 9.87. The van der Waals surface area contributed by atoms with E-state index in [-0.39, 0.29) is 23.3 Å². The maximum Gasteiger partial charge on any atom is 0.237 e. The van der Waals surface area contributed by atoms with E-state index in [2.05, 4.69) is 27.8 Å². The number of likely N-dealkylation sites (tertiary alicyclic amines) is 1. The average Bonchev–Trinajstić information content (AvgIpc) is 3.03. The van der Waals surface area contributed by atoms with E-state index >= 15 is 0 Å². The second kappa shape index (κ2) is 7.86. The van der Waals surface area contributed by atoms with Gasteiger partial charge in [0.05, 0.1) is 5.69 Å². The maximum absolute atomic E-state index is 13.6. The summed E-state index contributed by atoms with van der Waals surface area (Å²) < 4.78 is 14.0. The number of allylic oxidation sites excluding steroid dienone is 1. The van der Waals surface area contributed by atoms with Crippen LogP contribution in [0, 0.1) is 17.0 Å². The third kappa shape index (κ3) is 4.05. The van der Waals surface area contributed by atoms with Gasteiger partial charge in [-0.2, -0.15) is 4.39 Å². The third-order valence-electron chi connectivity index (χ3n) is 3.87. The predicted octanol–water partition coefficient (Wildman–Crippen LogP) is 2.69. The normalized spacial score (nSPS) is 21.2. The molecule has 0 aromatic carbocycles. The van der Waals surface area contributed by atoms with Crippen molar-refractivity contribution in [3.63, 3.8) is 0 Å². The number of amides is 2. The minimum Gasteiger partial charge on any atom is -0.344 e. The molecule has 0 saturated carbocycles. The van der Waals surface area contributed by atoms with Crippen LogP contribution in [-0.4, -0.2) is 42.4 Å². The monoisotopic (exact) mass is 450 g/mol. The second-order valence-corrected chi connectivity index (χ2v) is 7.80. The summed E-state index contributed by atoms with van der Waals surface area (Å²) in [6.07, 6.45) is 0. The Morgan fingerprint density at radius 1 is 1.64 bits per heavy atom. The molecule has 1 aliphatic rings. The summed E-state index contributed by atoms with van der Waals surface area (Å²) >= 11 is 10.4. The fourth-order valence-electron chi connectivity index (χ4n) is 2.70. The molecule has 1 aromatic heterocycles. The van der Waals surface area contributed by atoms with Gasteiger partial charge in [-0.3, -0.25) is 9.59 Å². The Balaban J connectivity index is 2.40. The highest BCUT2D eigenvalue weighted by atomic mass is 79.9. The Bertz CT molecular complexity index is 752. The van der Waals surface area contributed by atoms with Crippen molar-refractivity contribution in [2.75, 3.05) is 26.0 Å². The lowest BCUT2D eigenvalue weighted by Crippen LogP contribution is -2.35. The number of carbonyl (C=O) groups is 2. The van der Waals surface area contributed by atoms with Crippen molar-refractivity contribution in [2.24, 2.45) is 17.7 Å². The molecule has 0 bridgehead atoms. The minimum atomic E-state index is -1.07. The summed E-state index contributed by atoms with van der Waals surface area (Å²) in [4.78, 5) is 26.6. The highest BCUT2D eigenvalue weighted by Crippen LogP contribution is 2.39. The Morgan fingerprint density at radius 3 is 2.76 bits per heavy atom. The van der Waals surface area contributed by atoms with Crippen molar-refractivity contribution in [1.82, 2.24) is 9.91 Å². The van der Waals surface area contributed by atoms with Gasteiger partial charge in [-0.25, -0.2) is 5.84 Å². The van der Waals surface area contributed by atoms with E-state index in [4.69, 9.17) is 17.4 Å². The Morgan fingerprint density at radius 2 is 2.28 bits per heavy atom. The highest BCUT2D eigenvalue weighted by Gasteiger charge is 2.46. The summed E-state index contributed by atoms with van der Waals surface area (Å²) in [5.41, 5.74) is 0.497. The van der Waals surface area contributed by atoms with Gasteiger partial charge in [-0.05, 0) is 11.4 Å². The zero-order chi connectivity index (χ0) is 18.9. The summed E-state index contributed by atoms with van der Waals surface area (Å²) in [6.45, 7) is 4.07. The van der Waals surface area contributed by atoms with E-state index in [1.165, 1.54) is 28.4 Å². The largest absolute Gasteiger partial charge is 0.344 e. The molecule has 1 saturated heterocycles. The zero-order valence-electron chi connectivity index (χ0n) is 13.6. The first-order valence-electron chi connectivity index (χ1n) is 7.16. The molecule has 25 heavy (non-hydrogen) atoms. The number of nitrogens with two attached hydrogens (primary N) is 1. The molecule has 6 nitrogen and oxygen atoms in total. The summed E-state index contributed by atoms with van der Waals surface area (Å²) in [5, 5.41) is 4.80. The number of thiophene rings is 1. The molecule has 10 heteroatoms. The Hall–Kier alpha value is -1.42. The average molecular weight is 452 g/mol. The van der Waals surface area contributed by atoms with Crippen LogP contribution in [0.4, 0.5) is 10.1 Å². The maximum atomic E-state index is 13.6. The van der Waals surface area contributed by atoms with Crippen molar-refractivity contribution < 1.29 is 14.0 Å². The van der Waals surface area contributed by atoms with E-state index in [9.17, 15) is 14.0 Å². The SMILES string of the molecule is C=C(Br)/C(=C(/Cl)N(C)N)[C@H]1CN(C)C(=O)[C@@H]1C(=O)Nc1ccsc1F.